The van der Waals surface area contributed by atoms with Crippen molar-refractivity contribution in [2.75, 3.05) is 20.1 Å². The van der Waals surface area contributed by atoms with E-state index in [1.54, 1.807) is 0 Å². The van der Waals surface area contributed by atoms with Gasteiger partial charge in [0.25, 0.3) is 0 Å². The molecule has 1 saturated heterocycles. The van der Waals surface area contributed by atoms with Crippen molar-refractivity contribution < 1.29 is 4.79 Å². The van der Waals surface area contributed by atoms with E-state index in [1.807, 2.05) is 0 Å². The zero-order chi connectivity index (χ0) is 13.9. The second kappa shape index (κ2) is 5.96. The van der Waals surface area contributed by atoms with Crippen LogP contribution in [0, 0.1) is 0 Å². The van der Waals surface area contributed by atoms with E-state index in [9.17, 15) is 4.79 Å². The molecular formula is C17H24N2O. The molecule has 1 heterocycles. The Morgan fingerprint density at radius 2 is 2.00 bits per heavy atom. The van der Waals surface area contributed by atoms with Crippen LogP contribution in [0.25, 0.3) is 0 Å². The molecule has 20 heavy (non-hydrogen) atoms. The van der Waals surface area contributed by atoms with Crippen LogP contribution in [0.5, 0.6) is 0 Å². The number of nitrogens with zero attached hydrogens (tertiary/aromatic N) is 1. The van der Waals surface area contributed by atoms with Gasteiger partial charge in [0, 0.05) is 6.04 Å². The van der Waals surface area contributed by atoms with Gasteiger partial charge in [-0.15, -0.1) is 0 Å². The highest BCUT2D eigenvalue weighted by Crippen LogP contribution is 2.23. The van der Waals surface area contributed by atoms with Crippen LogP contribution >= 0.6 is 0 Å². The molecule has 0 atom stereocenters. The van der Waals surface area contributed by atoms with E-state index in [1.165, 1.54) is 30.4 Å². The third-order valence-electron chi connectivity index (χ3n) is 4.61. The Morgan fingerprint density at radius 3 is 2.80 bits per heavy atom. The summed E-state index contributed by atoms with van der Waals surface area (Å²) in [6.07, 6.45) is 6.33. The largest absolute Gasteiger partial charge is 0.353 e. The number of carbonyl (C=O) groups excluding carboxylic acids is 1. The zero-order valence-electron chi connectivity index (χ0n) is 12.3. The van der Waals surface area contributed by atoms with Crippen LogP contribution in [0.4, 0.5) is 0 Å². The normalized spacial score (nSPS) is 19.9. The quantitative estimate of drug-likeness (QED) is 0.912. The lowest BCUT2D eigenvalue weighted by atomic mass is 10.0. The van der Waals surface area contributed by atoms with Crippen molar-refractivity contribution in [3.8, 4) is 0 Å². The fraction of sp³-hybridized carbons (Fsp3) is 0.588. The third-order valence-corrected chi connectivity index (χ3v) is 4.61. The van der Waals surface area contributed by atoms with Gasteiger partial charge in [-0.3, -0.25) is 4.79 Å². The summed E-state index contributed by atoms with van der Waals surface area (Å²) in [6.45, 7) is 2.17. The first kappa shape index (κ1) is 13.6. The minimum Gasteiger partial charge on any atom is -0.353 e. The second-order valence-electron chi connectivity index (χ2n) is 6.28. The van der Waals surface area contributed by atoms with Crippen LogP contribution in [-0.2, 0) is 24.1 Å². The Kier molecular flexibility index (Phi) is 4.06. The molecule has 108 valence electrons. The minimum atomic E-state index is 0.178. The van der Waals surface area contributed by atoms with E-state index in [0.717, 1.165) is 31.5 Å². The van der Waals surface area contributed by atoms with Gasteiger partial charge in [0.05, 0.1) is 6.42 Å². The van der Waals surface area contributed by atoms with Gasteiger partial charge in [0.2, 0.25) is 5.91 Å². The first-order chi connectivity index (χ1) is 9.70. The first-order valence-corrected chi connectivity index (χ1v) is 7.79. The molecule has 1 fully saturated rings. The standard InChI is InChI=1S/C17H24N2O/c1-19-9-7-16(8-10-19)18-17(20)12-13-5-6-14-3-2-4-15(14)11-13/h5-6,11,16H,2-4,7-10,12H2,1H3,(H,18,20). The van der Waals surface area contributed by atoms with E-state index in [4.69, 9.17) is 0 Å². The molecule has 1 aliphatic carbocycles. The maximum absolute atomic E-state index is 12.1. The van der Waals surface area contributed by atoms with Crippen LogP contribution in [0.2, 0.25) is 0 Å². The molecule has 0 radical (unpaired) electrons. The molecule has 1 amide bonds. The Balaban J connectivity index is 1.54. The molecule has 0 unspecified atom stereocenters. The molecule has 0 spiro atoms. The van der Waals surface area contributed by atoms with Gasteiger partial charge < -0.3 is 10.2 Å². The number of rotatable bonds is 3. The first-order valence-electron chi connectivity index (χ1n) is 7.79. The fourth-order valence-corrected chi connectivity index (χ4v) is 3.35. The van der Waals surface area contributed by atoms with Gasteiger partial charge in [-0.05, 0) is 68.9 Å². The summed E-state index contributed by atoms with van der Waals surface area (Å²) in [5.74, 6) is 0.178. The molecule has 1 aromatic rings. The Bertz CT molecular complexity index is 490. The second-order valence-corrected chi connectivity index (χ2v) is 6.28. The van der Waals surface area contributed by atoms with Crippen LogP contribution in [0.3, 0.4) is 0 Å². The number of hydrogen-bond acceptors (Lipinski definition) is 2. The monoisotopic (exact) mass is 272 g/mol. The summed E-state index contributed by atoms with van der Waals surface area (Å²) < 4.78 is 0. The van der Waals surface area contributed by atoms with Crippen LogP contribution in [0.15, 0.2) is 18.2 Å². The number of hydrogen-bond donors (Lipinski definition) is 1. The van der Waals surface area contributed by atoms with E-state index in [-0.39, 0.29) is 5.91 Å². The van der Waals surface area contributed by atoms with Gasteiger partial charge >= 0.3 is 0 Å². The number of likely N-dealkylation sites (tertiary alicyclic amines) is 1. The SMILES string of the molecule is CN1CCC(NC(=O)Cc2ccc3c(c2)CCC3)CC1. The van der Waals surface area contributed by atoms with Crippen molar-refractivity contribution in [3.63, 3.8) is 0 Å². The molecule has 3 rings (SSSR count). The highest BCUT2D eigenvalue weighted by molar-refractivity contribution is 5.79. The number of nitrogens with one attached hydrogen (secondary N) is 1. The summed E-state index contributed by atoms with van der Waals surface area (Å²) in [4.78, 5) is 14.5. The van der Waals surface area contributed by atoms with E-state index >= 15 is 0 Å². The molecule has 3 nitrogen and oxygen atoms in total. The third kappa shape index (κ3) is 3.21. The smallest absolute Gasteiger partial charge is 0.224 e. The fourth-order valence-electron chi connectivity index (χ4n) is 3.35. The number of amides is 1. The topological polar surface area (TPSA) is 32.3 Å². The van der Waals surface area contributed by atoms with Crippen molar-refractivity contribution in [3.05, 3.63) is 34.9 Å². The maximum Gasteiger partial charge on any atom is 0.224 e. The van der Waals surface area contributed by atoms with Crippen LogP contribution in [0.1, 0.15) is 36.0 Å². The summed E-state index contributed by atoms with van der Waals surface area (Å²) in [7, 11) is 2.14. The summed E-state index contributed by atoms with van der Waals surface area (Å²) in [5, 5.41) is 3.19. The molecule has 1 aromatic carbocycles. The van der Waals surface area contributed by atoms with Crippen molar-refractivity contribution >= 4 is 5.91 Å². The van der Waals surface area contributed by atoms with Crippen molar-refractivity contribution in [2.45, 2.75) is 44.6 Å². The lowest BCUT2D eigenvalue weighted by molar-refractivity contribution is -0.121. The average molecular weight is 272 g/mol. The van der Waals surface area contributed by atoms with E-state index < -0.39 is 0 Å². The minimum absolute atomic E-state index is 0.178. The predicted octanol–water partition coefficient (Wildman–Crippen LogP) is 1.93. The molecule has 1 N–H and O–H groups in total. The lowest BCUT2D eigenvalue weighted by Crippen LogP contribution is -2.43. The molecular weight excluding hydrogens is 248 g/mol. The average Bonchev–Trinajstić information content (AvgIpc) is 2.89. The summed E-state index contributed by atoms with van der Waals surface area (Å²) in [5.41, 5.74) is 4.09. The van der Waals surface area contributed by atoms with Gasteiger partial charge in [-0.25, -0.2) is 0 Å². The molecule has 1 aliphatic heterocycles. The van der Waals surface area contributed by atoms with E-state index in [2.05, 4.69) is 35.5 Å². The highest BCUT2D eigenvalue weighted by atomic mass is 16.1. The number of carbonyl (C=O) groups is 1. The lowest BCUT2D eigenvalue weighted by Gasteiger charge is -2.29. The van der Waals surface area contributed by atoms with E-state index in [0.29, 0.717) is 12.5 Å². The highest BCUT2D eigenvalue weighted by Gasteiger charge is 2.19. The molecule has 0 bridgehead atoms. The zero-order valence-corrected chi connectivity index (χ0v) is 12.3. The predicted molar refractivity (Wildman–Crippen MR) is 80.8 cm³/mol. The van der Waals surface area contributed by atoms with Crippen molar-refractivity contribution in [1.82, 2.24) is 10.2 Å². The number of aryl methyl sites for hydroxylation is 2. The Hall–Kier alpha value is -1.35. The van der Waals surface area contributed by atoms with Gasteiger partial charge in [-0.2, -0.15) is 0 Å². The van der Waals surface area contributed by atoms with Crippen LogP contribution in [-0.4, -0.2) is 37.0 Å². The van der Waals surface area contributed by atoms with Gasteiger partial charge in [0.15, 0.2) is 0 Å². The van der Waals surface area contributed by atoms with Crippen LogP contribution < -0.4 is 5.32 Å². The van der Waals surface area contributed by atoms with Crippen molar-refractivity contribution in [2.24, 2.45) is 0 Å². The number of fused-ring (bicyclic) bond motifs is 1. The molecule has 0 aromatic heterocycles. The number of benzene rings is 1. The Labute approximate surface area is 121 Å². The summed E-state index contributed by atoms with van der Waals surface area (Å²) >= 11 is 0. The Morgan fingerprint density at radius 1 is 1.25 bits per heavy atom. The molecule has 0 saturated carbocycles. The maximum atomic E-state index is 12.1. The van der Waals surface area contributed by atoms with Gasteiger partial charge in [0.1, 0.15) is 0 Å². The number of piperidine rings is 1. The summed E-state index contributed by atoms with van der Waals surface area (Å²) in [6, 6.07) is 6.93. The van der Waals surface area contributed by atoms with Crippen molar-refractivity contribution in [1.29, 1.82) is 0 Å². The molecule has 3 heteroatoms. The molecule has 2 aliphatic rings. The van der Waals surface area contributed by atoms with Gasteiger partial charge in [-0.1, -0.05) is 18.2 Å².